The molecule has 0 aliphatic rings. The summed E-state index contributed by atoms with van der Waals surface area (Å²) in [5, 5.41) is 0. The standard InChI is InChI=1S/C13H21NO3S/c1-4-11-18(15,16)14(3)9-10-17-13-8-6-5-7-12(13)2/h5-8H,4,9-11H2,1-3H3. The van der Waals surface area contributed by atoms with Crippen LogP contribution in [0.3, 0.4) is 0 Å². The van der Waals surface area contributed by atoms with Gasteiger partial charge in [0.05, 0.1) is 5.75 Å². The predicted molar refractivity (Wildman–Crippen MR) is 73.4 cm³/mol. The van der Waals surface area contributed by atoms with Crippen molar-refractivity contribution in [3.05, 3.63) is 29.8 Å². The smallest absolute Gasteiger partial charge is 0.213 e. The number of rotatable bonds is 7. The van der Waals surface area contributed by atoms with Gasteiger partial charge in [0.15, 0.2) is 0 Å². The quantitative estimate of drug-likeness (QED) is 0.762. The summed E-state index contributed by atoms with van der Waals surface area (Å²) in [6.45, 7) is 4.56. The van der Waals surface area contributed by atoms with Crippen LogP contribution in [0.5, 0.6) is 5.75 Å². The normalized spacial score (nSPS) is 11.8. The van der Waals surface area contributed by atoms with Gasteiger partial charge in [-0.15, -0.1) is 0 Å². The minimum absolute atomic E-state index is 0.188. The van der Waals surface area contributed by atoms with E-state index in [2.05, 4.69) is 0 Å². The summed E-state index contributed by atoms with van der Waals surface area (Å²) in [4.78, 5) is 0. The summed E-state index contributed by atoms with van der Waals surface area (Å²) in [6.07, 6.45) is 0.630. The van der Waals surface area contributed by atoms with E-state index in [0.29, 0.717) is 19.6 Å². The molecule has 0 unspecified atom stereocenters. The van der Waals surface area contributed by atoms with Crippen LogP contribution in [-0.4, -0.2) is 38.7 Å². The highest BCUT2D eigenvalue weighted by Crippen LogP contribution is 2.15. The zero-order valence-electron chi connectivity index (χ0n) is 11.2. The Morgan fingerprint density at radius 2 is 1.94 bits per heavy atom. The zero-order chi connectivity index (χ0) is 13.6. The first-order chi connectivity index (χ1) is 8.47. The van der Waals surface area contributed by atoms with Gasteiger partial charge in [0.25, 0.3) is 0 Å². The maximum atomic E-state index is 11.7. The Bertz CT molecular complexity index is 471. The Labute approximate surface area is 110 Å². The molecule has 102 valence electrons. The van der Waals surface area contributed by atoms with Crippen molar-refractivity contribution in [2.45, 2.75) is 20.3 Å². The molecule has 0 aliphatic heterocycles. The molecule has 5 heteroatoms. The van der Waals surface area contributed by atoms with E-state index in [-0.39, 0.29) is 5.75 Å². The molecule has 0 saturated carbocycles. The molecule has 0 spiro atoms. The Morgan fingerprint density at radius 3 is 2.56 bits per heavy atom. The highest BCUT2D eigenvalue weighted by Gasteiger charge is 2.16. The van der Waals surface area contributed by atoms with Crippen molar-refractivity contribution in [3.8, 4) is 5.75 Å². The number of para-hydroxylation sites is 1. The van der Waals surface area contributed by atoms with Crippen molar-refractivity contribution < 1.29 is 13.2 Å². The van der Waals surface area contributed by atoms with Gasteiger partial charge in [-0.05, 0) is 25.0 Å². The second-order valence-electron chi connectivity index (χ2n) is 4.25. The van der Waals surface area contributed by atoms with Crippen LogP contribution in [0, 0.1) is 6.92 Å². The van der Waals surface area contributed by atoms with Crippen molar-refractivity contribution >= 4 is 10.0 Å². The Morgan fingerprint density at radius 1 is 1.28 bits per heavy atom. The van der Waals surface area contributed by atoms with E-state index in [1.165, 1.54) is 4.31 Å². The topological polar surface area (TPSA) is 46.6 Å². The molecule has 1 aromatic carbocycles. The first-order valence-electron chi connectivity index (χ1n) is 6.10. The fourth-order valence-electron chi connectivity index (χ4n) is 1.56. The fourth-order valence-corrected chi connectivity index (χ4v) is 2.74. The summed E-state index contributed by atoms with van der Waals surface area (Å²) in [5.74, 6) is 0.993. The van der Waals surface area contributed by atoms with Crippen molar-refractivity contribution in [1.82, 2.24) is 4.31 Å². The van der Waals surface area contributed by atoms with Crippen LogP contribution in [0.2, 0.25) is 0 Å². The van der Waals surface area contributed by atoms with Crippen molar-refractivity contribution in [2.75, 3.05) is 26.0 Å². The maximum Gasteiger partial charge on any atom is 0.213 e. The van der Waals surface area contributed by atoms with E-state index < -0.39 is 10.0 Å². The largest absolute Gasteiger partial charge is 0.492 e. The maximum absolute atomic E-state index is 11.7. The van der Waals surface area contributed by atoms with E-state index >= 15 is 0 Å². The van der Waals surface area contributed by atoms with Gasteiger partial charge in [-0.2, -0.15) is 0 Å². The van der Waals surface area contributed by atoms with Crippen LogP contribution in [0.25, 0.3) is 0 Å². The van der Waals surface area contributed by atoms with Gasteiger partial charge < -0.3 is 4.74 Å². The summed E-state index contributed by atoms with van der Waals surface area (Å²) in [7, 11) is -1.53. The van der Waals surface area contributed by atoms with E-state index in [9.17, 15) is 8.42 Å². The number of hydrogen-bond acceptors (Lipinski definition) is 3. The number of ether oxygens (including phenoxy) is 1. The van der Waals surface area contributed by atoms with Gasteiger partial charge in [0.1, 0.15) is 12.4 Å². The van der Waals surface area contributed by atoms with Crippen molar-refractivity contribution in [1.29, 1.82) is 0 Å². The number of benzene rings is 1. The number of aryl methyl sites for hydroxylation is 1. The summed E-state index contributed by atoms with van der Waals surface area (Å²) in [5.41, 5.74) is 1.05. The van der Waals surface area contributed by atoms with Crippen LogP contribution in [0.1, 0.15) is 18.9 Å². The highest BCUT2D eigenvalue weighted by molar-refractivity contribution is 7.89. The molecule has 0 saturated heterocycles. The van der Waals surface area contributed by atoms with E-state index in [0.717, 1.165) is 11.3 Å². The number of likely N-dealkylation sites (N-methyl/N-ethyl adjacent to an activating group) is 1. The van der Waals surface area contributed by atoms with Gasteiger partial charge in [-0.3, -0.25) is 0 Å². The van der Waals surface area contributed by atoms with E-state index in [4.69, 9.17) is 4.74 Å². The van der Waals surface area contributed by atoms with Crippen molar-refractivity contribution in [2.24, 2.45) is 0 Å². The zero-order valence-corrected chi connectivity index (χ0v) is 12.0. The minimum atomic E-state index is -3.12. The highest BCUT2D eigenvalue weighted by atomic mass is 32.2. The fraction of sp³-hybridized carbons (Fsp3) is 0.538. The molecule has 0 atom stereocenters. The van der Waals surface area contributed by atoms with Gasteiger partial charge in [-0.1, -0.05) is 25.1 Å². The molecule has 0 aromatic heterocycles. The molecule has 4 nitrogen and oxygen atoms in total. The third-order valence-corrected chi connectivity index (χ3v) is 4.75. The first-order valence-corrected chi connectivity index (χ1v) is 7.70. The second kappa shape index (κ2) is 6.75. The lowest BCUT2D eigenvalue weighted by Gasteiger charge is -2.17. The van der Waals surface area contributed by atoms with Crippen LogP contribution < -0.4 is 4.74 Å². The van der Waals surface area contributed by atoms with Crippen LogP contribution in [0.15, 0.2) is 24.3 Å². The molecule has 0 fully saturated rings. The predicted octanol–water partition coefficient (Wildman–Crippen LogP) is 2.05. The Hall–Kier alpha value is -1.07. The van der Waals surface area contributed by atoms with Gasteiger partial charge >= 0.3 is 0 Å². The molecule has 0 radical (unpaired) electrons. The second-order valence-corrected chi connectivity index (χ2v) is 6.45. The summed E-state index contributed by atoms with van der Waals surface area (Å²) >= 11 is 0. The SMILES string of the molecule is CCCS(=O)(=O)N(C)CCOc1ccccc1C. The Kier molecular flexibility index (Phi) is 5.62. The average Bonchev–Trinajstić information content (AvgIpc) is 2.31. The first kappa shape index (κ1) is 15.0. The minimum Gasteiger partial charge on any atom is -0.492 e. The summed E-state index contributed by atoms with van der Waals surface area (Å²) in [6, 6.07) is 7.70. The van der Waals surface area contributed by atoms with E-state index in [1.54, 1.807) is 7.05 Å². The number of hydrogen-bond donors (Lipinski definition) is 0. The van der Waals surface area contributed by atoms with Crippen LogP contribution in [0.4, 0.5) is 0 Å². The molecule has 1 aromatic rings. The molecular weight excluding hydrogens is 250 g/mol. The molecule has 18 heavy (non-hydrogen) atoms. The van der Waals surface area contributed by atoms with Gasteiger partial charge in [0, 0.05) is 13.6 Å². The molecular formula is C13H21NO3S. The van der Waals surface area contributed by atoms with E-state index in [1.807, 2.05) is 38.1 Å². The molecule has 0 N–H and O–H groups in total. The molecule has 0 aliphatic carbocycles. The average molecular weight is 271 g/mol. The lowest BCUT2D eigenvalue weighted by atomic mass is 10.2. The van der Waals surface area contributed by atoms with Gasteiger partial charge in [-0.25, -0.2) is 12.7 Å². The molecule has 0 amide bonds. The van der Waals surface area contributed by atoms with Crippen LogP contribution >= 0.6 is 0 Å². The Balaban J connectivity index is 2.45. The van der Waals surface area contributed by atoms with Crippen molar-refractivity contribution in [3.63, 3.8) is 0 Å². The lowest BCUT2D eigenvalue weighted by Crippen LogP contribution is -2.32. The third-order valence-electron chi connectivity index (χ3n) is 2.69. The summed E-state index contributed by atoms with van der Waals surface area (Å²) < 4.78 is 30.4. The number of nitrogens with zero attached hydrogens (tertiary/aromatic N) is 1. The monoisotopic (exact) mass is 271 g/mol. The lowest BCUT2D eigenvalue weighted by molar-refractivity contribution is 0.285. The van der Waals surface area contributed by atoms with Crippen LogP contribution in [-0.2, 0) is 10.0 Å². The molecule has 1 rings (SSSR count). The molecule has 0 heterocycles. The number of sulfonamides is 1. The van der Waals surface area contributed by atoms with Gasteiger partial charge in [0.2, 0.25) is 10.0 Å². The molecule has 0 bridgehead atoms. The third kappa shape index (κ3) is 4.31.